The van der Waals surface area contributed by atoms with Crippen molar-refractivity contribution >= 4 is 11.6 Å². The molecule has 1 unspecified atom stereocenters. The molecule has 4 heteroatoms. The first kappa shape index (κ1) is 10.2. The Hall–Kier alpha value is 0.0800. The van der Waals surface area contributed by atoms with E-state index in [1.165, 1.54) is 0 Å². The molecule has 12 heavy (non-hydrogen) atoms. The summed E-state index contributed by atoms with van der Waals surface area (Å²) in [5, 5.41) is -0.0360. The van der Waals surface area contributed by atoms with Crippen LogP contribution in [-0.2, 0) is 0 Å². The van der Waals surface area contributed by atoms with Crippen molar-refractivity contribution in [3.8, 4) is 0 Å². The summed E-state index contributed by atoms with van der Waals surface area (Å²) in [6.45, 7) is 0. The molecule has 0 amide bonds. The Balaban J connectivity index is 2.32. The van der Waals surface area contributed by atoms with Crippen LogP contribution in [0.5, 0.6) is 0 Å². The number of alkyl halides is 4. The van der Waals surface area contributed by atoms with Crippen LogP contribution < -0.4 is 0 Å². The molecule has 0 aromatic carbocycles. The first-order valence-electron chi connectivity index (χ1n) is 4.18. The third kappa shape index (κ3) is 3.65. The molecular formula is C8H12ClF3. The maximum atomic E-state index is 11.9. The lowest BCUT2D eigenvalue weighted by molar-refractivity contribution is -0.146. The molecule has 1 rings (SSSR count). The van der Waals surface area contributed by atoms with Crippen LogP contribution in [0.2, 0.25) is 0 Å². The molecule has 1 aliphatic carbocycles. The van der Waals surface area contributed by atoms with Gasteiger partial charge in [0, 0.05) is 11.8 Å². The molecule has 0 nitrogen and oxygen atoms in total. The fourth-order valence-electron chi connectivity index (χ4n) is 1.74. The molecule has 0 aliphatic heterocycles. The topological polar surface area (TPSA) is 0 Å². The van der Waals surface area contributed by atoms with Crippen LogP contribution >= 0.6 is 11.6 Å². The van der Waals surface area contributed by atoms with Crippen LogP contribution in [0.1, 0.15) is 32.1 Å². The summed E-state index contributed by atoms with van der Waals surface area (Å²) in [6, 6.07) is 0. The van der Waals surface area contributed by atoms with Crippen LogP contribution in [0.3, 0.4) is 0 Å². The summed E-state index contributed by atoms with van der Waals surface area (Å²) in [5.74, 6) is -0.235. The van der Waals surface area contributed by atoms with E-state index in [1.807, 2.05) is 0 Å². The highest BCUT2D eigenvalue weighted by Crippen LogP contribution is 2.35. The van der Waals surface area contributed by atoms with Gasteiger partial charge in [-0.3, -0.25) is 0 Å². The van der Waals surface area contributed by atoms with Gasteiger partial charge in [-0.2, -0.15) is 13.2 Å². The fraction of sp³-hybridized carbons (Fsp3) is 1.00. The van der Waals surface area contributed by atoms with Gasteiger partial charge in [-0.1, -0.05) is 12.8 Å². The molecule has 1 aliphatic rings. The molecule has 0 aromatic rings. The highest BCUT2D eigenvalue weighted by atomic mass is 35.5. The van der Waals surface area contributed by atoms with Crippen molar-refractivity contribution in [1.82, 2.24) is 0 Å². The standard InChI is InChI=1S/C8H12ClF3/c9-7-3-1-2-6(4-7)5-8(10,11)12/h6-7H,1-5H2/t6?,7-/m0/s1. The minimum absolute atomic E-state index is 0.0360. The van der Waals surface area contributed by atoms with Gasteiger partial charge in [-0.15, -0.1) is 11.6 Å². The highest BCUT2D eigenvalue weighted by molar-refractivity contribution is 6.20. The second kappa shape index (κ2) is 3.86. The van der Waals surface area contributed by atoms with E-state index in [9.17, 15) is 13.2 Å². The third-order valence-corrected chi connectivity index (χ3v) is 2.64. The normalized spacial score (nSPS) is 32.0. The van der Waals surface area contributed by atoms with Crippen LogP contribution in [0.15, 0.2) is 0 Å². The smallest absolute Gasteiger partial charge is 0.171 e. The van der Waals surface area contributed by atoms with E-state index in [0.29, 0.717) is 12.8 Å². The SMILES string of the molecule is FC(F)(F)CC1CCC[C@H](Cl)C1. The number of halogens is 4. The van der Waals surface area contributed by atoms with Gasteiger partial charge in [0.25, 0.3) is 0 Å². The lowest BCUT2D eigenvalue weighted by Crippen LogP contribution is -2.21. The van der Waals surface area contributed by atoms with Gasteiger partial charge < -0.3 is 0 Å². The lowest BCUT2D eigenvalue weighted by Gasteiger charge is -2.25. The molecule has 1 fully saturated rings. The Labute approximate surface area is 75.1 Å². The predicted octanol–water partition coefficient (Wildman–Crippen LogP) is 3.74. The number of hydrogen-bond donors (Lipinski definition) is 0. The van der Waals surface area contributed by atoms with E-state index in [0.717, 1.165) is 12.8 Å². The van der Waals surface area contributed by atoms with Crippen molar-refractivity contribution in [2.24, 2.45) is 5.92 Å². The molecular weight excluding hydrogens is 189 g/mol. The van der Waals surface area contributed by atoms with E-state index in [-0.39, 0.29) is 11.3 Å². The first-order chi connectivity index (χ1) is 5.47. The summed E-state index contributed by atoms with van der Waals surface area (Å²) in [5.41, 5.74) is 0. The van der Waals surface area contributed by atoms with Gasteiger partial charge in [-0.05, 0) is 18.8 Å². The summed E-state index contributed by atoms with van der Waals surface area (Å²) < 4.78 is 35.8. The first-order valence-corrected chi connectivity index (χ1v) is 4.62. The molecule has 0 N–H and O–H groups in total. The summed E-state index contributed by atoms with van der Waals surface area (Å²) in [7, 11) is 0. The van der Waals surface area contributed by atoms with Crippen LogP contribution in [-0.4, -0.2) is 11.6 Å². The fourth-order valence-corrected chi connectivity index (χ4v) is 2.14. The van der Waals surface area contributed by atoms with Crippen LogP contribution in [0.4, 0.5) is 13.2 Å². The van der Waals surface area contributed by atoms with Crippen molar-refractivity contribution < 1.29 is 13.2 Å². The maximum Gasteiger partial charge on any atom is 0.389 e. The van der Waals surface area contributed by atoms with Crippen LogP contribution in [0, 0.1) is 5.92 Å². The molecule has 0 aromatic heterocycles. The second-order valence-corrected chi connectivity index (χ2v) is 4.07. The average Bonchev–Trinajstić information content (AvgIpc) is 1.82. The van der Waals surface area contributed by atoms with Gasteiger partial charge in [0.05, 0.1) is 0 Å². The van der Waals surface area contributed by atoms with Crippen molar-refractivity contribution in [3.05, 3.63) is 0 Å². The van der Waals surface area contributed by atoms with Crippen LogP contribution in [0.25, 0.3) is 0 Å². The predicted molar refractivity (Wildman–Crippen MR) is 42.3 cm³/mol. The van der Waals surface area contributed by atoms with Crippen molar-refractivity contribution in [2.75, 3.05) is 0 Å². The highest BCUT2D eigenvalue weighted by Gasteiger charge is 2.33. The summed E-state index contributed by atoms with van der Waals surface area (Å²) >= 11 is 5.77. The molecule has 0 bridgehead atoms. The van der Waals surface area contributed by atoms with Crippen molar-refractivity contribution in [2.45, 2.75) is 43.7 Å². The zero-order valence-electron chi connectivity index (χ0n) is 6.70. The largest absolute Gasteiger partial charge is 0.389 e. The number of hydrogen-bond acceptors (Lipinski definition) is 0. The van der Waals surface area contributed by atoms with E-state index < -0.39 is 12.6 Å². The Kier molecular flexibility index (Phi) is 3.27. The van der Waals surface area contributed by atoms with Gasteiger partial charge in [0.15, 0.2) is 0 Å². The quantitative estimate of drug-likeness (QED) is 0.566. The average molecular weight is 201 g/mol. The Bertz CT molecular complexity index is 144. The molecule has 0 saturated heterocycles. The molecule has 0 spiro atoms. The molecule has 1 saturated carbocycles. The lowest BCUT2D eigenvalue weighted by atomic mass is 9.86. The van der Waals surface area contributed by atoms with Crippen molar-refractivity contribution in [3.63, 3.8) is 0 Å². The maximum absolute atomic E-state index is 11.9. The van der Waals surface area contributed by atoms with E-state index in [4.69, 9.17) is 11.6 Å². The molecule has 72 valence electrons. The van der Waals surface area contributed by atoms with E-state index in [1.54, 1.807) is 0 Å². The second-order valence-electron chi connectivity index (χ2n) is 3.45. The van der Waals surface area contributed by atoms with E-state index >= 15 is 0 Å². The van der Waals surface area contributed by atoms with Gasteiger partial charge in [0.1, 0.15) is 0 Å². The van der Waals surface area contributed by atoms with Crippen molar-refractivity contribution in [1.29, 1.82) is 0 Å². The van der Waals surface area contributed by atoms with Gasteiger partial charge >= 0.3 is 6.18 Å². The molecule has 2 atom stereocenters. The Morgan fingerprint density at radius 2 is 1.92 bits per heavy atom. The zero-order valence-corrected chi connectivity index (χ0v) is 7.46. The molecule has 0 radical (unpaired) electrons. The third-order valence-electron chi connectivity index (χ3n) is 2.24. The summed E-state index contributed by atoms with van der Waals surface area (Å²) in [4.78, 5) is 0. The Morgan fingerprint density at radius 1 is 1.25 bits per heavy atom. The minimum atomic E-state index is -4.02. The Morgan fingerprint density at radius 3 is 2.42 bits per heavy atom. The minimum Gasteiger partial charge on any atom is -0.171 e. The zero-order chi connectivity index (χ0) is 9.19. The molecule has 0 heterocycles. The van der Waals surface area contributed by atoms with E-state index in [2.05, 4.69) is 0 Å². The summed E-state index contributed by atoms with van der Waals surface area (Å²) in [6.07, 6.45) is -1.75. The number of rotatable bonds is 1. The monoisotopic (exact) mass is 200 g/mol. The van der Waals surface area contributed by atoms with Gasteiger partial charge in [0.2, 0.25) is 0 Å². The van der Waals surface area contributed by atoms with Gasteiger partial charge in [-0.25, -0.2) is 0 Å².